The Labute approximate surface area is 105 Å². The molecule has 5 heteroatoms. The maximum atomic E-state index is 13.6. The molecule has 0 saturated carbocycles. The fourth-order valence-corrected chi connectivity index (χ4v) is 1.78. The number of aliphatic hydroxyl groups excluding tert-OH is 1. The Morgan fingerprint density at radius 3 is 2.78 bits per heavy atom. The number of aryl methyl sites for hydroxylation is 3. The molecule has 0 unspecified atom stereocenters. The predicted octanol–water partition coefficient (Wildman–Crippen LogP) is 2.46. The van der Waals surface area contributed by atoms with E-state index in [0.717, 1.165) is 5.56 Å². The Balaban J connectivity index is 2.42. The summed E-state index contributed by atoms with van der Waals surface area (Å²) >= 11 is 0. The first-order valence-electron chi connectivity index (χ1n) is 5.60. The highest BCUT2D eigenvalue weighted by Crippen LogP contribution is 2.29. The number of halogens is 1. The van der Waals surface area contributed by atoms with Gasteiger partial charge < -0.3 is 9.84 Å². The molecule has 0 atom stereocenters. The van der Waals surface area contributed by atoms with Gasteiger partial charge in [0.25, 0.3) is 0 Å². The van der Waals surface area contributed by atoms with Crippen LogP contribution in [0.2, 0.25) is 0 Å². The van der Waals surface area contributed by atoms with E-state index in [1.54, 1.807) is 26.1 Å². The molecule has 1 heterocycles. The van der Waals surface area contributed by atoms with Crippen molar-refractivity contribution >= 4 is 0 Å². The number of benzene rings is 1. The Hall–Kier alpha value is -1.88. The minimum Gasteiger partial charge on any atom is -0.436 e. The lowest BCUT2D eigenvalue weighted by Gasteiger charge is -2.09. The van der Waals surface area contributed by atoms with Crippen molar-refractivity contribution in [2.75, 3.05) is 0 Å². The molecule has 0 spiro atoms. The average Bonchev–Trinajstić information content (AvgIpc) is 2.58. The van der Waals surface area contributed by atoms with Crippen LogP contribution in [0.15, 0.2) is 18.2 Å². The third kappa shape index (κ3) is 2.22. The van der Waals surface area contributed by atoms with E-state index in [1.807, 2.05) is 6.92 Å². The lowest BCUT2D eigenvalue weighted by atomic mass is 10.2. The van der Waals surface area contributed by atoms with E-state index in [4.69, 9.17) is 4.74 Å². The van der Waals surface area contributed by atoms with Gasteiger partial charge in [-0.2, -0.15) is 5.10 Å². The van der Waals surface area contributed by atoms with Gasteiger partial charge in [0.1, 0.15) is 0 Å². The lowest BCUT2D eigenvalue weighted by Crippen LogP contribution is -1.98. The zero-order valence-electron chi connectivity index (χ0n) is 10.6. The summed E-state index contributed by atoms with van der Waals surface area (Å²) < 4.78 is 20.6. The Morgan fingerprint density at radius 2 is 2.11 bits per heavy atom. The summed E-state index contributed by atoms with van der Waals surface area (Å²) in [7, 11) is 1.69. The molecular formula is C13H15FN2O2. The van der Waals surface area contributed by atoms with Crippen LogP contribution >= 0.6 is 0 Å². The van der Waals surface area contributed by atoms with Gasteiger partial charge in [-0.05, 0) is 31.5 Å². The second kappa shape index (κ2) is 4.78. The van der Waals surface area contributed by atoms with Crippen molar-refractivity contribution in [2.24, 2.45) is 7.05 Å². The van der Waals surface area contributed by atoms with E-state index >= 15 is 0 Å². The fourth-order valence-electron chi connectivity index (χ4n) is 1.78. The third-order valence-electron chi connectivity index (χ3n) is 2.74. The first-order chi connectivity index (χ1) is 8.52. The molecule has 96 valence electrons. The van der Waals surface area contributed by atoms with Crippen LogP contribution in [0.4, 0.5) is 4.39 Å². The van der Waals surface area contributed by atoms with E-state index in [0.29, 0.717) is 17.1 Å². The smallest absolute Gasteiger partial charge is 0.223 e. The Bertz CT molecular complexity index is 579. The van der Waals surface area contributed by atoms with E-state index in [-0.39, 0.29) is 12.4 Å². The average molecular weight is 250 g/mol. The molecule has 0 aliphatic carbocycles. The molecule has 2 rings (SSSR count). The Morgan fingerprint density at radius 1 is 1.39 bits per heavy atom. The number of nitrogens with zero attached hydrogens (tertiary/aromatic N) is 2. The van der Waals surface area contributed by atoms with Crippen molar-refractivity contribution in [1.82, 2.24) is 9.78 Å². The molecule has 0 fully saturated rings. The van der Waals surface area contributed by atoms with Crippen molar-refractivity contribution in [1.29, 1.82) is 0 Å². The van der Waals surface area contributed by atoms with Crippen LogP contribution in [-0.2, 0) is 13.7 Å². The molecule has 1 N–H and O–H groups in total. The Kier molecular flexibility index (Phi) is 3.34. The number of aliphatic hydroxyl groups is 1. The van der Waals surface area contributed by atoms with Crippen LogP contribution in [0.3, 0.4) is 0 Å². The van der Waals surface area contributed by atoms with Crippen LogP contribution < -0.4 is 4.74 Å². The van der Waals surface area contributed by atoms with Gasteiger partial charge in [-0.25, -0.2) is 9.07 Å². The van der Waals surface area contributed by atoms with E-state index in [9.17, 15) is 9.50 Å². The summed E-state index contributed by atoms with van der Waals surface area (Å²) in [6.07, 6.45) is 0. The van der Waals surface area contributed by atoms with Crippen molar-refractivity contribution in [3.05, 3.63) is 40.8 Å². The van der Waals surface area contributed by atoms with Crippen molar-refractivity contribution < 1.29 is 14.2 Å². The standard InChI is InChI=1S/C13H15FN2O2/c1-8-4-5-11(14)12(6-8)18-13-10(7-17)9(2)15-16(13)3/h4-6,17H,7H2,1-3H3. The van der Waals surface area contributed by atoms with Gasteiger partial charge in [0.15, 0.2) is 11.6 Å². The second-order valence-electron chi connectivity index (χ2n) is 4.19. The third-order valence-corrected chi connectivity index (χ3v) is 2.74. The molecule has 1 aromatic heterocycles. The van der Waals surface area contributed by atoms with E-state index in [1.165, 1.54) is 10.7 Å². The lowest BCUT2D eigenvalue weighted by molar-refractivity contribution is 0.273. The van der Waals surface area contributed by atoms with E-state index < -0.39 is 5.82 Å². The van der Waals surface area contributed by atoms with Crippen molar-refractivity contribution in [3.8, 4) is 11.6 Å². The highest BCUT2D eigenvalue weighted by atomic mass is 19.1. The van der Waals surface area contributed by atoms with Gasteiger partial charge in [-0.1, -0.05) is 6.07 Å². The number of rotatable bonds is 3. The molecule has 1 aromatic carbocycles. The van der Waals surface area contributed by atoms with Gasteiger partial charge in [-0.15, -0.1) is 0 Å². The van der Waals surface area contributed by atoms with Gasteiger partial charge >= 0.3 is 0 Å². The molecule has 2 aromatic rings. The quantitative estimate of drug-likeness (QED) is 0.910. The molecule has 0 saturated heterocycles. The number of aromatic nitrogens is 2. The zero-order valence-corrected chi connectivity index (χ0v) is 10.6. The molecule has 0 aliphatic rings. The predicted molar refractivity (Wildman–Crippen MR) is 65.1 cm³/mol. The highest BCUT2D eigenvalue weighted by molar-refractivity contribution is 5.37. The molecule has 0 radical (unpaired) electrons. The SMILES string of the molecule is Cc1ccc(F)c(Oc2c(CO)c(C)nn2C)c1. The second-order valence-corrected chi connectivity index (χ2v) is 4.19. The maximum absolute atomic E-state index is 13.6. The normalized spacial score (nSPS) is 10.7. The van der Waals surface area contributed by atoms with Crippen LogP contribution in [0.25, 0.3) is 0 Å². The topological polar surface area (TPSA) is 47.3 Å². The number of ether oxygens (including phenoxy) is 1. The van der Waals surface area contributed by atoms with Gasteiger partial charge in [0, 0.05) is 7.05 Å². The summed E-state index contributed by atoms with van der Waals surface area (Å²) in [4.78, 5) is 0. The molecular weight excluding hydrogens is 235 g/mol. The summed E-state index contributed by atoms with van der Waals surface area (Å²) in [5.41, 5.74) is 2.14. The van der Waals surface area contributed by atoms with Crippen molar-refractivity contribution in [3.63, 3.8) is 0 Å². The molecule has 4 nitrogen and oxygen atoms in total. The minimum atomic E-state index is -0.441. The largest absolute Gasteiger partial charge is 0.436 e. The highest BCUT2D eigenvalue weighted by Gasteiger charge is 2.16. The van der Waals surface area contributed by atoms with Crippen molar-refractivity contribution in [2.45, 2.75) is 20.5 Å². The minimum absolute atomic E-state index is 0.132. The fraction of sp³-hybridized carbons (Fsp3) is 0.308. The van der Waals surface area contributed by atoms with Crippen LogP contribution in [0.5, 0.6) is 11.6 Å². The number of hydrogen-bond acceptors (Lipinski definition) is 3. The summed E-state index contributed by atoms with van der Waals surface area (Å²) in [6.45, 7) is 3.43. The monoisotopic (exact) mass is 250 g/mol. The van der Waals surface area contributed by atoms with Gasteiger partial charge in [0.2, 0.25) is 5.88 Å². The van der Waals surface area contributed by atoms with Gasteiger partial charge in [-0.3, -0.25) is 0 Å². The van der Waals surface area contributed by atoms with Gasteiger partial charge in [0.05, 0.1) is 17.9 Å². The molecule has 0 aliphatic heterocycles. The first-order valence-corrected chi connectivity index (χ1v) is 5.60. The molecule has 0 bridgehead atoms. The van der Waals surface area contributed by atoms with E-state index in [2.05, 4.69) is 5.10 Å². The number of hydrogen-bond donors (Lipinski definition) is 1. The molecule has 18 heavy (non-hydrogen) atoms. The van der Waals surface area contributed by atoms with Crippen LogP contribution in [-0.4, -0.2) is 14.9 Å². The summed E-state index contributed by atoms with van der Waals surface area (Å²) in [5.74, 6) is 0.0514. The van der Waals surface area contributed by atoms with Crippen LogP contribution in [0, 0.1) is 19.7 Å². The molecule has 0 amide bonds. The van der Waals surface area contributed by atoms with Crippen LogP contribution in [0.1, 0.15) is 16.8 Å². The maximum Gasteiger partial charge on any atom is 0.223 e. The first kappa shape index (κ1) is 12.6. The summed E-state index contributed by atoms with van der Waals surface area (Å²) in [6, 6.07) is 4.63. The zero-order chi connectivity index (χ0) is 13.3. The summed E-state index contributed by atoms with van der Waals surface area (Å²) in [5, 5.41) is 13.4.